The van der Waals surface area contributed by atoms with Crippen LogP contribution >= 0.6 is 0 Å². The van der Waals surface area contributed by atoms with Gasteiger partial charge in [0.1, 0.15) is 0 Å². The first-order chi connectivity index (χ1) is 7.69. The van der Waals surface area contributed by atoms with Crippen LogP contribution in [0.15, 0.2) is 24.3 Å². The van der Waals surface area contributed by atoms with E-state index in [2.05, 4.69) is 31.7 Å². The van der Waals surface area contributed by atoms with Crippen molar-refractivity contribution in [2.45, 2.75) is 27.7 Å². The van der Waals surface area contributed by atoms with Gasteiger partial charge in [0, 0.05) is 0 Å². The van der Waals surface area contributed by atoms with E-state index in [1.54, 1.807) is 0 Å². The minimum atomic E-state index is 0.762. The first kappa shape index (κ1) is 14.7. The molecule has 0 spiro atoms. The molecule has 0 fully saturated rings. The topological polar surface area (TPSA) is 27.0 Å². The third kappa shape index (κ3) is 5.53. The highest BCUT2D eigenvalue weighted by atomic mass is 15.1. The molecule has 88 valence electrons. The molecular formula is C14H22N2. The van der Waals surface area contributed by atoms with Gasteiger partial charge in [-0.1, -0.05) is 39.0 Å². The fraction of sp³-hybridized carbons (Fsp3) is 0.500. The molecule has 0 radical (unpaired) electrons. The highest BCUT2D eigenvalue weighted by molar-refractivity contribution is 5.35. The third-order valence-corrected chi connectivity index (χ3v) is 2.61. The van der Waals surface area contributed by atoms with Gasteiger partial charge in [-0.15, -0.1) is 0 Å². The molecule has 0 aliphatic carbocycles. The van der Waals surface area contributed by atoms with Crippen LogP contribution in [0.2, 0.25) is 0 Å². The molecule has 1 rings (SSSR count). The zero-order chi connectivity index (χ0) is 12.4. The lowest BCUT2D eigenvalue weighted by molar-refractivity contribution is 0.321. The summed E-state index contributed by atoms with van der Waals surface area (Å²) in [5.41, 5.74) is 1.80. The number of benzene rings is 1. The van der Waals surface area contributed by atoms with Crippen molar-refractivity contribution in [3.8, 4) is 6.07 Å². The Balaban J connectivity index is 0.000000293. The van der Waals surface area contributed by atoms with Crippen molar-refractivity contribution in [2.75, 3.05) is 19.6 Å². The van der Waals surface area contributed by atoms with Gasteiger partial charge in [0.25, 0.3) is 0 Å². The van der Waals surface area contributed by atoms with E-state index < -0.39 is 0 Å². The summed E-state index contributed by atoms with van der Waals surface area (Å²) in [5.74, 6) is 0. The lowest BCUT2D eigenvalue weighted by atomic mass is 10.1. The minimum absolute atomic E-state index is 0.762. The van der Waals surface area contributed by atoms with Gasteiger partial charge in [0.15, 0.2) is 0 Å². The van der Waals surface area contributed by atoms with Gasteiger partial charge in [-0.05, 0) is 38.2 Å². The minimum Gasteiger partial charge on any atom is -0.304 e. The van der Waals surface area contributed by atoms with E-state index in [0.29, 0.717) is 0 Å². The Hall–Kier alpha value is -1.33. The molecule has 0 atom stereocenters. The number of nitriles is 1. The quantitative estimate of drug-likeness (QED) is 0.779. The molecule has 1 aromatic rings. The standard InChI is InChI=1S/C8H7N.C6H15N/c1-7-4-2-3-5-8(7)6-9;1-4-7(5-2)6-3/h2-5H,1H3;4-6H2,1-3H3. The Kier molecular flexibility index (Phi) is 8.19. The molecule has 2 nitrogen and oxygen atoms in total. The number of hydrogen-bond donors (Lipinski definition) is 0. The van der Waals surface area contributed by atoms with Gasteiger partial charge in [-0.25, -0.2) is 0 Å². The normalized spacial score (nSPS) is 9.25. The van der Waals surface area contributed by atoms with Crippen LogP contribution in [0.25, 0.3) is 0 Å². The molecule has 0 amide bonds. The zero-order valence-electron chi connectivity index (χ0n) is 10.8. The summed E-state index contributed by atoms with van der Waals surface area (Å²) in [5, 5.41) is 8.47. The number of rotatable bonds is 3. The number of aryl methyl sites for hydroxylation is 1. The van der Waals surface area contributed by atoms with Crippen LogP contribution in [0, 0.1) is 18.3 Å². The lowest BCUT2D eigenvalue weighted by Crippen LogP contribution is -2.21. The molecule has 0 saturated heterocycles. The Morgan fingerprint density at radius 2 is 1.56 bits per heavy atom. The molecular weight excluding hydrogens is 196 g/mol. The molecule has 16 heavy (non-hydrogen) atoms. The van der Waals surface area contributed by atoms with Crippen LogP contribution < -0.4 is 0 Å². The second-order valence-corrected chi connectivity index (χ2v) is 3.55. The van der Waals surface area contributed by atoms with E-state index in [9.17, 15) is 0 Å². The molecule has 0 aliphatic heterocycles. The summed E-state index contributed by atoms with van der Waals surface area (Å²) >= 11 is 0. The van der Waals surface area contributed by atoms with Crippen molar-refractivity contribution in [1.82, 2.24) is 4.90 Å². The molecule has 0 N–H and O–H groups in total. The summed E-state index contributed by atoms with van der Waals surface area (Å²) < 4.78 is 0. The van der Waals surface area contributed by atoms with Gasteiger partial charge in [0.2, 0.25) is 0 Å². The number of nitrogens with zero attached hydrogens (tertiary/aromatic N) is 2. The molecule has 1 aromatic carbocycles. The maximum atomic E-state index is 8.47. The average molecular weight is 218 g/mol. The Labute approximate surface area is 99.5 Å². The van der Waals surface area contributed by atoms with Crippen LogP contribution in [0.4, 0.5) is 0 Å². The predicted molar refractivity (Wildman–Crippen MR) is 69.4 cm³/mol. The smallest absolute Gasteiger partial charge is 0.0994 e. The summed E-state index contributed by atoms with van der Waals surface area (Å²) in [6.07, 6.45) is 0. The summed E-state index contributed by atoms with van der Waals surface area (Å²) in [4.78, 5) is 2.38. The van der Waals surface area contributed by atoms with Crippen molar-refractivity contribution < 1.29 is 0 Å². The Morgan fingerprint density at radius 1 is 1.06 bits per heavy atom. The molecule has 0 aliphatic rings. The highest BCUT2D eigenvalue weighted by Gasteiger charge is 1.90. The Morgan fingerprint density at radius 3 is 1.81 bits per heavy atom. The average Bonchev–Trinajstić information content (AvgIpc) is 2.33. The van der Waals surface area contributed by atoms with Crippen LogP contribution in [-0.4, -0.2) is 24.5 Å². The molecule has 0 heterocycles. The second kappa shape index (κ2) is 8.94. The van der Waals surface area contributed by atoms with Gasteiger partial charge in [-0.2, -0.15) is 5.26 Å². The maximum Gasteiger partial charge on any atom is 0.0994 e. The Bertz CT molecular complexity index is 316. The van der Waals surface area contributed by atoms with Gasteiger partial charge in [0.05, 0.1) is 11.6 Å². The van der Waals surface area contributed by atoms with E-state index in [4.69, 9.17) is 5.26 Å². The maximum absolute atomic E-state index is 8.47. The van der Waals surface area contributed by atoms with Crippen molar-refractivity contribution in [2.24, 2.45) is 0 Å². The van der Waals surface area contributed by atoms with Crippen molar-refractivity contribution in [1.29, 1.82) is 5.26 Å². The first-order valence-electron chi connectivity index (χ1n) is 5.87. The molecule has 2 heteroatoms. The van der Waals surface area contributed by atoms with Crippen LogP contribution in [0.5, 0.6) is 0 Å². The van der Waals surface area contributed by atoms with E-state index in [0.717, 1.165) is 11.1 Å². The fourth-order valence-electron chi connectivity index (χ4n) is 1.37. The SMILES string of the molecule is CCN(CC)CC.Cc1ccccc1C#N. The molecule has 0 unspecified atom stereocenters. The summed E-state index contributed by atoms with van der Waals surface area (Å²) in [7, 11) is 0. The van der Waals surface area contributed by atoms with Crippen LogP contribution in [-0.2, 0) is 0 Å². The molecule has 0 saturated carbocycles. The van der Waals surface area contributed by atoms with Crippen molar-refractivity contribution in [3.05, 3.63) is 35.4 Å². The van der Waals surface area contributed by atoms with E-state index >= 15 is 0 Å². The number of hydrogen-bond acceptors (Lipinski definition) is 2. The molecule has 0 aromatic heterocycles. The van der Waals surface area contributed by atoms with Crippen molar-refractivity contribution in [3.63, 3.8) is 0 Å². The summed E-state index contributed by atoms with van der Waals surface area (Å²) in [6, 6.07) is 9.63. The highest BCUT2D eigenvalue weighted by Crippen LogP contribution is 2.03. The third-order valence-electron chi connectivity index (χ3n) is 2.61. The largest absolute Gasteiger partial charge is 0.304 e. The first-order valence-corrected chi connectivity index (χ1v) is 5.87. The van der Waals surface area contributed by atoms with Gasteiger partial charge in [-0.3, -0.25) is 0 Å². The van der Waals surface area contributed by atoms with Crippen LogP contribution in [0.3, 0.4) is 0 Å². The lowest BCUT2D eigenvalue weighted by Gasteiger charge is -2.13. The second-order valence-electron chi connectivity index (χ2n) is 3.55. The predicted octanol–water partition coefficient (Wildman–Crippen LogP) is 3.21. The zero-order valence-corrected chi connectivity index (χ0v) is 10.8. The summed E-state index contributed by atoms with van der Waals surface area (Å²) in [6.45, 7) is 12.1. The van der Waals surface area contributed by atoms with Crippen molar-refractivity contribution >= 4 is 0 Å². The van der Waals surface area contributed by atoms with E-state index in [-0.39, 0.29) is 0 Å². The fourth-order valence-corrected chi connectivity index (χ4v) is 1.37. The van der Waals surface area contributed by atoms with E-state index in [1.165, 1.54) is 19.6 Å². The molecule has 0 bridgehead atoms. The van der Waals surface area contributed by atoms with Gasteiger partial charge < -0.3 is 4.90 Å². The van der Waals surface area contributed by atoms with E-state index in [1.807, 2.05) is 31.2 Å². The van der Waals surface area contributed by atoms with Gasteiger partial charge >= 0.3 is 0 Å². The monoisotopic (exact) mass is 218 g/mol. The van der Waals surface area contributed by atoms with Crippen LogP contribution in [0.1, 0.15) is 31.9 Å².